The van der Waals surface area contributed by atoms with Crippen LogP contribution in [0.1, 0.15) is 23.3 Å². The second-order valence-corrected chi connectivity index (χ2v) is 3.34. The maximum absolute atomic E-state index is 11.5. The molecular weight excluding hydrogens is 196 g/mol. The molecule has 15 heavy (non-hydrogen) atoms. The normalized spacial score (nSPS) is 10.3. The van der Waals surface area contributed by atoms with Crippen molar-refractivity contribution in [2.45, 2.75) is 12.8 Å². The predicted octanol–water partition coefficient (Wildman–Crippen LogP) is 0.537. The first-order valence-corrected chi connectivity index (χ1v) is 4.85. The number of hydrogen-bond donors (Lipinski definition) is 2. The molecule has 0 saturated carbocycles. The van der Waals surface area contributed by atoms with Crippen LogP contribution < -0.4 is 5.73 Å². The van der Waals surface area contributed by atoms with E-state index in [0.29, 0.717) is 30.8 Å². The molecule has 0 saturated heterocycles. The van der Waals surface area contributed by atoms with Crippen molar-refractivity contribution in [3.63, 3.8) is 0 Å². The number of aryl methyl sites for hydroxylation is 1. The minimum absolute atomic E-state index is 0.120. The standard InChI is InChI=1S/C10H16N2O3/c1-12-7-8(11)6-9(12)10(14)15-5-3-2-4-13/h6-7,13H,2-5,11H2,1H3. The van der Waals surface area contributed by atoms with Crippen molar-refractivity contribution in [2.75, 3.05) is 18.9 Å². The third-order valence-electron chi connectivity index (χ3n) is 2.02. The topological polar surface area (TPSA) is 77.5 Å². The van der Waals surface area contributed by atoms with E-state index >= 15 is 0 Å². The van der Waals surface area contributed by atoms with Crippen LogP contribution in [0.15, 0.2) is 12.3 Å². The molecule has 0 amide bonds. The van der Waals surface area contributed by atoms with Crippen LogP contribution in [0.2, 0.25) is 0 Å². The molecule has 1 aromatic heterocycles. The molecular formula is C10H16N2O3. The number of unbranched alkanes of at least 4 members (excludes halogenated alkanes) is 1. The first-order chi connectivity index (χ1) is 7.15. The fraction of sp³-hybridized carbons (Fsp3) is 0.500. The fourth-order valence-electron chi connectivity index (χ4n) is 1.25. The lowest BCUT2D eigenvalue weighted by Gasteiger charge is -2.04. The largest absolute Gasteiger partial charge is 0.461 e. The van der Waals surface area contributed by atoms with E-state index in [0.717, 1.165) is 0 Å². The van der Waals surface area contributed by atoms with Crippen molar-refractivity contribution in [2.24, 2.45) is 7.05 Å². The average molecular weight is 212 g/mol. The molecule has 1 heterocycles. The third kappa shape index (κ3) is 3.28. The van der Waals surface area contributed by atoms with Gasteiger partial charge in [0, 0.05) is 19.9 Å². The summed E-state index contributed by atoms with van der Waals surface area (Å²) in [6, 6.07) is 1.58. The number of nitrogens with two attached hydrogens (primary N) is 1. The molecule has 0 fully saturated rings. The summed E-state index contributed by atoms with van der Waals surface area (Å²) in [5.41, 5.74) is 6.51. The van der Waals surface area contributed by atoms with Gasteiger partial charge in [-0.15, -0.1) is 0 Å². The van der Waals surface area contributed by atoms with E-state index in [9.17, 15) is 4.79 Å². The first kappa shape index (κ1) is 11.6. The molecule has 0 aliphatic carbocycles. The lowest BCUT2D eigenvalue weighted by atomic mass is 10.3. The molecule has 1 aromatic rings. The maximum Gasteiger partial charge on any atom is 0.355 e. The van der Waals surface area contributed by atoms with E-state index in [1.165, 1.54) is 0 Å². The molecule has 0 aliphatic heterocycles. The van der Waals surface area contributed by atoms with Crippen molar-refractivity contribution >= 4 is 11.7 Å². The summed E-state index contributed by atoms with van der Waals surface area (Å²) in [6.07, 6.45) is 2.97. The number of rotatable bonds is 5. The Morgan fingerprint density at radius 2 is 2.33 bits per heavy atom. The lowest BCUT2D eigenvalue weighted by Crippen LogP contribution is -2.10. The number of ether oxygens (including phenoxy) is 1. The Morgan fingerprint density at radius 1 is 1.60 bits per heavy atom. The highest BCUT2D eigenvalue weighted by Gasteiger charge is 2.11. The zero-order valence-electron chi connectivity index (χ0n) is 8.77. The number of nitrogen functional groups attached to an aromatic ring is 1. The van der Waals surface area contributed by atoms with Gasteiger partial charge in [0.2, 0.25) is 0 Å². The molecule has 1 rings (SSSR count). The predicted molar refractivity (Wildman–Crippen MR) is 56.4 cm³/mol. The van der Waals surface area contributed by atoms with E-state index < -0.39 is 0 Å². The van der Waals surface area contributed by atoms with Crippen LogP contribution in [0.4, 0.5) is 5.69 Å². The number of aliphatic hydroxyl groups excluding tert-OH is 1. The number of anilines is 1. The molecule has 5 heteroatoms. The minimum Gasteiger partial charge on any atom is -0.461 e. The van der Waals surface area contributed by atoms with E-state index in [-0.39, 0.29) is 12.6 Å². The third-order valence-corrected chi connectivity index (χ3v) is 2.02. The molecule has 84 valence electrons. The molecule has 0 atom stereocenters. The first-order valence-electron chi connectivity index (χ1n) is 4.85. The van der Waals surface area contributed by atoms with Gasteiger partial charge in [-0.25, -0.2) is 4.79 Å². The van der Waals surface area contributed by atoms with Crippen LogP contribution in [-0.2, 0) is 11.8 Å². The number of esters is 1. The molecule has 0 aliphatic rings. The number of hydrogen-bond acceptors (Lipinski definition) is 4. The summed E-state index contributed by atoms with van der Waals surface area (Å²) in [5, 5.41) is 8.53. The Kier molecular flexibility index (Phi) is 4.17. The molecule has 3 N–H and O–H groups in total. The molecule has 0 unspecified atom stereocenters. The fourth-order valence-corrected chi connectivity index (χ4v) is 1.25. The van der Waals surface area contributed by atoms with Crippen molar-refractivity contribution in [1.29, 1.82) is 0 Å². The van der Waals surface area contributed by atoms with Gasteiger partial charge >= 0.3 is 5.97 Å². The van der Waals surface area contributed by atoms with Crippen molar-refractivity contribution < 1.29 is 14.6 Å². The van der Waals surface area contributed by atoms with Gasteiger partial charge in [-0.2, -0.15) is 0 Å². The smallest absolute Gasteiger partial charge is 0.355 e. The Hall–Kier alpha value is -1.49. The Bertz CT molecular complexity index is 333. The summed E-state index contributed by atoms with van der Waals surface area (Å²) < 4.78 is 6.63. The second-order valence-electron chi connectivity index (χ2n) is 3.34. The quantitative estimate of drug-likeness (QED) is 0.551. The zero-order valence-corrected chi connectivity index (χ0v) is 8.77. The Balaban J connectivity index is 2.43. The van der Waals surface area contributed by atoms with Gasteiger partial charge in [-0.05, 0) is 18.9 Å². The molecule has 5 nitrogen and oxygen atoms in total. The van der Waals surface area contributed by atoms with Gasteiger partial charge in [-0.1, -0.05) is 0 Å². The van der Waals surface area contributed by atoms with Gasteiger partial charge in [0.1, 0.15) is 5.69 Å². The average Bonchev–Trinajstić information content (AvgIpc) is 2.52. The summed E-state index contributed by atoms with van der Waals surface area (Å²) >= 11 is 0. The summed E-state index contributed by atoms with van der Waals surface area (Å²) in [4.78, 5) is 11.5. The van der Waals surface area contributed by atoms with Crippen LogP contribution in [0, 0.1) is 0 Å². The van der Waals surface area contributed by atoms with Crippen LogP contribution in [0.3, 0.4) is 0 Å². The summed E-state index contributed by atoms with van der Waals surface area (Å²) in [6.45, 7) is 0.444. The van der Waals surface area contributed by atoms with Crippen LogP contribution in [0.5, 0.6) is 0 Å². The molecule has 0 radical (unpaired) electrons. The SMILES string of the molecule is Cn1cc(N)cc1C(=O)OCCCCO. The summed E-state index contributed by atoms with van der Waals surface area (Å²) in [7, 11) is 1.74. The number of carbonyl (C=O) groups is 1. The van der Waals surface area contributed by atoms with E-state index in [4.69, 9.17) is 15.6 Å². The van der Waals surface area contributed by atoms with Crippen LogP contribution in [-0.4, -0.2) is 28.9 Å². The molecule has 0 aromatic carbocycles. The van der Waals surface area contributed by atoms with Gasteiger partial charge < -0.3 is 20.1 Å². The zero-order chi connectivity index (χ0) is 11.3. The Morgan fingerprint density at radius 3 is 2.87 bits per heavy atom. The minimum atomic E-state index is -0.382. The van der Waals surface area contributed by atoms with E-state index in [1.54, 1.807) is 23.9 Å². The number of nitrogens with zero attached hydrogens (tertiary/aromatic N) is 1. The maximum atomic E-state index is 11.5. The van der Waals surface area contributed by atoms with Crippen molar-refractivity contribution in [3.05, 3.63) is 18.0 Å². The summed E-state index contributed by atoms with van der Waals surface area (Å²) in [5.74, 6) is -0.382. The van der Waals surface area contributed by atoms with Gasteiger partial charge in [0.05, 0.1) is 12.3 Å². The van der Waals surface area contributed by atoms with Crippen LogP contribution in [0.25, 0.3) is 0 Å². The molecule has 0 spiro atoms. The van der Waals surface area contributed by atoms with Gasteiger partial charge in [0.15, 0.2) is 0 Å². The highest BCUT2D eigenvalue weighted by molar-refractivity contribution is 5.89. The Labute approximate surface area is 88.4 Å². The number of aromatic nitrogens is 1. The van der Waals surface area contributed by atoms with Crippen molar-refractivity contribution in [3.8, 4) is 0 Å². The highest BCUT2D eigenvalue weighted by Crippen LogP contribution is 2.10. The molecule has 0 bridgehead atoms. The highest BCUT2D eigenvalue weighted by atomic mass is 16.5. The van der Waals surface area contributed by atoms with E-state index in [2.05, 4.69) is 0 Å². The lowest BCUT2D eigenvalue weighted by molar-refractivity contribution is 0.0481. The second kappa shape index (κ2) is 5.41. The van der Waals surface area contributed by atoms with Crippen molar-refractivity contribution in [1.82, 2.24) is 4.57 Å². The van der Waals surface area contributed by atoms with E-state index in [1.807, 2.05) is 0 Å². The van der Waals surface area contributed by atoms with Crippen LogP contribution >= 0.6 is 0 Å². The monoisotopic (exact) mass is 212 g/mol. The number of carbonyl (C=O) groups excluding carboxylic acids is 1. The number of aliphatic hydroxyl groups is 1. The van der Waals surface area contributed by atoms with Gasteiger partial charge in [-0.3, -0.25) is 0 Å². The van der Waals surface area contributed by atoms with Gasteiger partial charge in [0.25, 0.3) is 0 Å².